The molecule has 3 aliphatic rings. The molecule has 446 valence electrons. The molecule has 0 aromatic heterocycles. The third kappa shape index (κ3) is 17.3. The Labute approximate surface area is 477 Å². The number of benzene rings is 2. The number of aliphatic hydroxyl groups is 1. The van der Waals surface area contributed by atoms with Gasteiger partial charge in [0.2, 0.25) is 23.6 Å². The molecule has 24 nitrogen and oxygen atoms in total. The van der Waals surface area contributed by atoms with Gasteiger partial charge >= 0.3 is 24.2 Å². The average Bonchev–Trinajstić information content (AvgIpc) is 4.19. The van der Waals surface area contributed by atoms with Crippen molar-refractivity contribution in [3.63, 3.8) is 0 Å². The second-order valence-electron chi connectivity index (χ2n) is 21.4. The molecule has 2 saturated heterocycles. The molecule has 3 heterocycles. The van der Waals surface area contributed by atoms with E-state index >= 15 is 0 Å². The maximum absolute atomic E-state index is 14.4. The first-order chi connectivity index (χ1) is 38.1. The third-order valence-corrected chi connectivity index (χ3v) is 15.3. The summed E-state index contributed by atoms with van der Waals surface area (Å²) in [7, 11) is 7.36. The number of hydrogen-bond donors (Lipinski definition) is 7. The number of ether oxygens (including phenoxy) is 6. The van der Waals surface area contributed by atoms with Crippen LogP contribution in [0.1, 0.15) is 91.2 Å². The molecule has 25 heteroatoms. The molecule has 2 aromatic rings. The predicted octanol–water partition coefficient (Wildman–Crippen LogP) is 4.42. The Kier molecular flexibility index (Phi) is 22.9. The molecule has 0 saturated carbocycles. The van der Waals surface area contributed by atoms with E-state index in [9.17, 15) is 43.5 Å². The van der Waals surface area contributed by atoms with Crippen molar-refractivity contribution in [3.05, 3.63) is 76.3 Å². The van der Waals surface area contributed by atoms with Crippen molar-refractivity contribution in [2.24, 2.45) is 23.3 Å². The molecule has 10 atom stereocenters. The number of allylic oxidation sites excluding steroid dienone is 3. The lowest BCUT2D eigenvalue weighted by Crippen LogP contribution is -2.63. The van der Waals surface area contributed by atoms with Gasteiger partial charge in [-0.1, -0.05) is 68.3 Å². The normalized spacial score (nSPS) is 25.0. The van der Waals surface area contributed by atoms with Crippen LogP contribution >= 0.6 is 11.6 Å². The number of hydrogen-bond acceptors (Lipinski definition) is 16. The minimum atomic E-state index is -1.89. The number of halogens is 1. The monoisotopic (exact) mass is 1150 g/mol. The van der Waals surface area contributed by atoms with E-state index in [2.05, 4.69) is 21.3 Å². The molecule has 4 bridgehead atoms. The van der Waals surface area contributed by atoms with Gasteiger partial charge in [-0.3, -0.25) is 24.5 Å². The number of methoxy groups -OCH3 is 2. The number of likely N-dealkylation sites (N-methyl/N-ethyl adjacent to an activating group) is 1. The maximum Gasteiger partial charge on any atom is 0.409 e. The van der Waals surface area contributed by atoms with E-state index in [1.807, 2.05) is 13.0 Å². The first-order valence-corrected chi connectivity index (χ1v) is 27.2. The molecule has 1 unspecified atom stereocenters. The van der Waals surface area contributed by atoms with E-state index in [1.165, 1.54) is 49.9 Å². The summed E-state index contributed by atoms with van der Waals surface area (Å²) >= 11 is 6.82. The average molecular weight is 1150 g/mol. The van der Waals surface area contributed by atoms with Gasteiger partial charge in [-0.25, -0.2) is 19.2 Å². The van der Waals surface area contributed by atoms with Crippen LogP contribution in [0.25, 0.3) is 0 Å². The van der Waals surface area contributed by atoms with Gasteiger partial charge in [-0.2, -0.15) is 0 Å². The van der Waals surface area contributed by atoms with Crippen LogP contribution in [0.15, 0.2) is 60.2 Å². The van der Waals surface area contributed by atoms with Crippen molar-refractivity contribution in [1.29, 1.82) is 0 Å². The number of carbonyl (C=O) groups is 8. The number of epoxide rings is 1. The molecule has 0 spiro atoms. The number of rotatable bonds is 20. The molecule has 5 rings (SSSR count). The largest absolute Gasteiger partial charge is 0.495 e. The second-order valence-corrected chi connectivity index (χ2v) is 21.8. The van der Waals surface area contributed by atoms with E-state index < -0.39 is 114 Å². The number of primary amides is 1. The topological polar surface area (TPSA) is 325 Å². The van der Waals surface area contributed by atoms with E-state index in [0.717, 1.165) is 11.1 Å². The van der Waals surface area contributed by atoms with Crippen LogP contribution < -0.4 is 42.4 Å². The smallest absolute Gasteiger partial charge is 0.409 e. The SMILES string of the molecule is COc1cc2cc(c1Cl)N(C)C(=O)C[C@H](OC(=O)[C@H](C)N(C)C(=O)CCCN(C)C(=O)OCc1ccc(NC(=O)[C@H](CCCNC(N)=O)NC(=O)[C@@H](N)C(C)C)cc1)[C@]1(C)OC1[C@H](C)[C@@H]1C[C@@](O)(NC(=O)O1)[C@H](OC)/C=C/C=C(\C)C2. The lowest BCUT2D eigenvalue weighted by Gasteiger charge is -2.42. The number of nitrogens with one attached hydrogen (secondary N) is 4. The minimum Gasteiger partial charge on any atom is -0.495 e. The second kappa shape index (κ2) is 28.6. The van der Waals surface area contributed by atoms with E-state index in [-0.39, 0.29) is 56.3 Å². The summed E-state index contributed by atoms with van der Waals surface area (Å²) in [5, 5.41) is 22.5. The van der Waals surface area contributed by atoms with Gasteiger partial charge in [0.1, 0.15) is 53.4 Å². The highest BCUT2D eigenvalue weighted by Crippen LogP contribution is 2.49. The highest BCUT2D eigenvalue weighted by atomic mass is 35.5. The maximum atomic E-state index is 14.4. The highest BCUT2D eigenvalue weighted by Gasteiger charge is 2.64. The van der Waals surface area contributed by atoms with Crippen molar-refractivity contribution in [1.82, 2.24) is 25.8 Å². The number of carbonyl (C=O) groups excluding carboxylic acids is 8. The molecule has 9 N–H and O–H groups in total. The van der Waals surface area contributed by atoms with Crippen LogP contribution in [0.4, 0.5) is 25.8 Å². The van der Waals surface area contributed by atoms with Gasteiger partial charge in [0.05, 0.1) is 31.4 Å². The Hall–Kier alpha value is -6.99. The van der Waals surface area contributed by atoms with Crippen LogP contribution in [0.2, 0.25) is 5.02 Å². The Morgan fingerprint density at radius 2 is 1.73 bits per heavy atom. The van der Waals surface area contributed by atoms with Crippen LogP contribution in [0.3, 0.4) is 0 Å². The number of nitrogens with two attached hydrogens (primary N) is 2. The van der Waals surface area contributed by atoms with Crippen molar-refractivity contribution >= 4 is 70.8 Å². The van der Waals surface area contributed by atoms with Crippen molar-refractivity contribution in [3.8, 4) is 5.75 Å². The number of esters is 1. The first kappa shape index (κ1) is 64.8. The molecule has 0 aliphatic carbocycles. The summed E-state index contributed by atoms with van der Waals surface area (Å²) in [5.74, 6) is -3.22. The van der Waals surface area contributed by atoms with Gasteiger partial charge in [0, 0.05) is 65.8 Å². The van der Waals surface area contributed by atoms with Gasteiger partial charge in [-0.05, 0) is 87.8 Å². The van der Waals surface area contributed by atoms with Gasteiger partial charge in [-0.15, -0.1) is 0 Å². The number of fused-ring (bicyclic) bond motifs is 5. The Bertz CT molecular complexity index is 2670. The van der Waals surface area contributed by atoms with Crippen LogP contribution in [0.5, 0.6) is 5.75 Å². The summed E-state index contributed by atoms with van der Waals surface area (Å²) in [4.78, 5) is 109. The highest BCUT2D eigenvalue weighted by molar-refractivity contribution is 6.35. The fraction of sp³-hybridized carbons (Fsp3) is 0.571. The summed E-state index contributed by atoms with van der Waals surface area (Å²) in [6.45, 7) is 10.6. The van der Waals surface area contributed by atoms with Crippen LogP contribution in [0, 0.1) is 11.8 Å². The summed E-state index contributed by atoms with van der Waals surface area (Å²) in [5.41, 5.74) is 10.9. The van der Waals surface area contributed by atoms with Gasteiger partial charge in [0.25, 0.3) is 0 Å². The number of alkyl carbamates (subject to hydrolysis) is 1. The fourth-order valence-corrected chi connectivity index (χ4v) is 9.79. The Morgan fingerprint density at radius 3 is 2.37 bits per heavy atom. The zero-order chi connectivity index (χ0) is 60.1. The van der Waals surface area contributed by atoms with Crippen LogP contribution in [-0.4, -0.2) is 165 Å². The number of anilines is 2. The van der Waals surface area contributed by atoms with Crippen molar-refractivity contribution in [2.75, 3.05) is 58.7 Å². The van der Waals surface area contributed by atoms with E-state index in [4.69, 9.17) is 51.5 Å². The molecule has 0 radical (unpaired) electrons. The zero-order valence-corrected chi connectivity index (χ0v) is 48.8. The van der Waals surface area contributed by atoms with E-state index in [1.54, 1.807) is 83.3 Å². The molecular formula is C56H80ClN9O15. The van der Waals surface area contributed by atoms with Gasteiger partial charge < -0.3 is 75.6 Å². The first-order valence-electron chi connectivity index (χ1n) is 26.8. The summed E-state index contributed by atoms with van der Waals surface area (Å²) < 4.78 is 34.9. The summed E-state index contributed by atoms with van der Waals surface area (Å²) in [6, 6.07) is 6.38. The Morgan fingerprint density at radius 1 is 1.04 bits per heavy atom. The quantitative estimate of drug-likeness (QED) is 0.0418. The molecular weight excluding hydrogens is 1070 g/mol. The Balaban J connectivity index is 1.20. The van der Waals surface area contributed by atoms with Crippen LogP contribution in [-0.2, 0) is 60.7 Å². The van der Waals surface area contributed by atoms with Gasteiger partial charge in [0.15, 0.2) is 5.72 Å². The van der Waals surface area contributed by atoms with Crippen molar-refractivity contribution in [2.45, 2.75) is 147 Å². The summed E-state index contributed by atoms with van der Waals surface area (Å²) in [6.07, 6.45) is 0.301. The molecule has 3 aliphatic heterocycles. The number of amides is 8. The molecule has 2 aromatic carbocycles. The number of urea groups is 1. The van der Waals surface area contributed by atoms with Crippen molar-refractivity contribution < 1.29 is 71.9 Å². The zero-order valence-electron chi connectivity index (χ0n) is 48.0. The molecule has 2 fully saturated rings. The fourth-order valence-electron chi connectivity index (χ4n) is 9.48. The standard InChI is InChI=1S/C56H80ClN9O15/c1-31(2)47(58)50(70)62-38(16-13-23-60-52(59)72)49(69)61-37-21-19-35(20-22-37)30-78-54(74)64(7)24-14-18-44(67)65(8)34(5)51(71)80-43-28-45(68)66(9)39-26-36(27-40(76-10)46(39)57)25-32(3)15-12-17-42(77-11)56(75)29-41(79-53(73)63-56)33(4)48-55(43,6)81-48/h12,15,17,19-22,26-27,31,33-34,38,41-43,47-48,75H,13-14,16,18,23-25,28-30,58H2,1-11H3,(H,61,69)(H,62,70)(H,63,73)(H3,59,60,72)/b17-12+,32-15+/t33-,34+,38+,41+,42-,43+,47+,48?,55+,56+/m1/s1. The molecule has 81 heavy (non-hydrogen) atoms. The lowest BCUT2D eigenvalue weighted by molar-refractivity contribution is -0.162. The third-order valence-electron chi connectivity index (χ3n) is 14.9. The minimum absolute atomic E-state index is 0.0645. The number of nitrogens with zero attached hydrogens (tertiary/aromatic N) is 3. The molecule has 8 amide bonds. The predicted molar refractivity (Wildman–Crippen MR) is 300 cm³/mol. The lowest BCUT2D eigenvalue weighted by atomic mass is 9.83. The van der Waals surface area contributed by atoms with E-state index in [0.29, 0.717) is 35.5 Å².